The van der Waals surface area contributed by atoms with Crippen molar-refractivity contribution in [3.8, 4) is 0 Å². The third-order valence-electron chi connectivity index (χ3n) is 3.28. The van der Waals surface area contributed by atoms with E-state index in [2.05, 4.69) is 10.0 Å². The Morgan fingerprint density at radius 2 is 1.68 bits per heavy atom. The number of carbonyl (C=O) groups excluding carboxylic acids is 1. The van der Waals surface area contributed by atoms with Gasteiger partial charge >= 0.3 is 0 Å². The van der Waals surface area contributed by atoms with Gasteiger partial charge in [0.2, 0.25) is 0 Å². The van der Waals surface area contributed by atoms with Crippen LogP contribution in [0.15, 0.2) is 53.4 Å². The van der Waals surface area contributed by atoms with Crippen molar-refractivity contribution in [3.05, 3.63) is 59.7 Å². The fourth-order valence-corrected chi connectivity index (χ4v) is 3.09. The van der Waals surface area contributed by atoms with Crippen molar-refractivity contribution < 1.29 is 13.2 Å². The maximum atomic E-state index is 12.4. The topological polar surface area (TPSA) is 75.3 Å². The molecule has 0 heterocycles. The Balaban J connectivity index is 2.34. The van der Waals surface area contributed by atoms with E-state index in [0.29, 0.717) is 0 Å². The van der Waals surface area contributed by atoms with Crippen molar-refractivity contribution in [2.45, 2.75) is 18.2 Å². The number of amides is 1. The zero-order valence-corrected chi connectivity index (χ0v) is 13.3. The third kappa shape index (κ3) is 3.46. The maximum absolute atomic E-state index is 12.4. The van der Waals surface area contributed by atoms with Crippen LogP contribution in [0.5, 0.6) is 0 Å². The molecule has 0 aliphatic heterocycles. The van der Waals surface area contributed by atoms with E-state index in [9.17, 15) is 13.2 Å². The smallest absolute Gasteiger partial charge is 0.261 e. The first-order valence-electron chi connectivity index (χ1n) is 6.91. The zero-order chi connectivity index (χ0) is 16.2. The minimum Gasteiger partial charge on any atom is -0.355 e. The molecular weight excluding hydrogens is 300 g/mol. The van der Waals surface area contributed by atoms with Gasteiger partial charge in [-0.2, -0.15) is 0 Å². The van der Waals surface area contributed by atoms with Crippen LogP contribution in [0.4, 0.5) is 5.69 Å². The Hall–Kier alpha value is -2.34. The summed E-state index contributed by atoms with van der Waals surface area (Å²) in [7, 11) is -2.24. The SMILES string of the molecule is CCc1ccc(S(=O)(=O)Nc2ccccc2C(=O)NC)cc1. The molecule has 0 atom stereocenters. The van der Waals surface area contributed by atoms with Gasteiger partial charge in [-0.25, -0.2) is 8.42 Å². The molecule has 2 N–H and O–H groups in total. The molecule has 6 heteroatoms. The lowest BCUT2D eigenvalue weighted by Crippen LogP contribution is -2.21. The number of hydrogen-bond donors (Lipinski definition) is 2. The summed E-state index contributed by atoms with van der Waals surface area (Å²) in [5, 5.41) is 2.49. The molecule has 0 bridgehead atoms. The molecular formula is C16H18N2O3S. The summed E-state index contributed by atoms with van der Waals surface area (Å²) in [6.07, 6.45) is 0.841. The van der Waals surface area contributed by atoms with Gasteiger partial charge in [0.25, 0.3) is 15.9 Å². The van der Waals surface area contributed by atoms with Gasteiger partial charge in [0, 0.05) is 7.05 Å². The van der Waals surface area contributed by atoms with Crippen molar-refractivity contribution in [2.75, 3.05) is 11.8 Å². The van der Waals surface area contributed by atoms with Crippen LogP contribution in [0.25, 0.3) is 0 Å². The van der Waals surface area contributed by atoms with Crippen molar-refractivity contribution in [2.24, 2.45) is 0 Å². The number of nitrogens with one attached hydrogen (secondary N) is 2. The van der Waals surface area contributed by atoms with Gasteiger partial charge in [0.1, 0.15) is 0 Å². The first-order chi connectivity index (χ1) is 10.5. The van der Waals surface area contributed by atoms with E-state index in [4.69, 9.17) is 0 Å². The van der Waals surface area contributed by atoms with Crippen LogP contribution in [0.1, 0.15) is 22.8 Å². The van der Waals surface area contributed by atoms with E-state index >= 15 is 0 Å². The monoisotopic (exact) mass is 318 g/mol. The number of hydrogen-bond acceptors (Lipinski definition) is 3. The highest BCUT2D eigenvalue weighted by Crippen LogP contribution is 2.20. The summed E-state index contributed by atoms with van der Waals surface area (Å²) >= 11 is 0. The number of para-hydroxylation sites is 1. The second kappa shape index (κ2) is 6.62. The van der Waals surface area contributed by atoms with Crippen molar-refractivity contribution >= 4 is 21.6 Å². The van der Waals surface area contributed by atoms with Gasteiger partial charge < -0.3 is 5.32 Å². The average Bonchev–Trinajstić information content (AvgIpc) is 2.54. The molecule has 116 valence electrons. The Bertz CT molecular complexity index is 768. The molecule has 0 aliphatic rings. The number of rotatable bonds is 5. The molecule has 0 fully saturated rings. The highest BCUT2D eigenvalue weighted by atomic mass is 32.2. The van der Waals surface area contributed by atoms with Crippen LogP contribution < -0.4 is 10.0 Å². The standard InChI is InChI=1S/C16H18N2O3S/c1-3-12-8-10-13(11-9-12)22(20,21)18-15-7-5-4-6-14(15)16(19)17-2/h4-11,18H,3H2,1-2H3,(H,17,19). The average molecular weight is 318 g/mol. The first kappa shape index (κ1) is 16.0. The molecule has 0 radical (unpaired) electrons. The fourth-order valence-electron chi connectivity index (χ4n) is 2.01. The fraction of sp³-hybridized carbons (Fsp3) is 0.188. The van der Waals surface area contributed by atoms with Crippen LogP contribution in [0.3, 0.4) is 0 Å². The van der Waals surface area contributed by atoms with E-state index in [1.165, 1.54) is 7.05 Å². The predicted octanol–water partition coefficient (Wildman–Crippen LogP) is 2.41. The maximum Gasteiger partial charge on any atom is 0.261 e. The van der Waals surface area contributed by atoms with Gasteiger partial charge in [-0.05, 0) is 36.2 Å². The lowest BCUT2D eigenvalue weighted by molar-refractivity contribution is 0.0964. The highest BCUT2D eigenvalue weighted by Gasteiger charge is 2.17. The second-order valence-electron chi connectivity index (χ2n) is 4.73. The van der Waals surface area contributed by atoms with Gasteiger partial charge in [-0.3, -0.25) is 9.52 Å². The van der Waals surface area contributed by atoms with Crippen LogP contribution >= 0.6 is 0 Å². The summed E-state index contributed by atoms with van der Waals surface area (Å²) in [6, 6.07) is 13.1. The Morgan fingerprint density at radius 1 is 1.05 bits per heavy atom. The molecule has 1 amide bonds. The first-order valence-corrected chi connectivity index (χ1v) is 8.39. The molecule has 0 spiro atoms. The number of anilines is 1. The Morgan fingerprint density at radius 3 is 2.27 bits per heavy atom. The largest absolute Gasteiger partial charge is 0.355 e. The van der Waals surface area contributed by atoms with Crippen molar-refractivity contribution in [1.29, 1.82) is 0 Å². The quantitative estimate of drug-likeness (QED) is 0.889. The molecule has 2 aromatic carbocycles. The van der Waals surface area contributed by atoms with E-state index in [-0.39, 0.29) is 22.1 Å². The van der Waals surface area contributed by atoms with Crippen molar-refractivity contribution in [3.63, 3.8) is 0 Å². The van der Waals surface area contributed by atoms with Crippen molar-refractivity contribution in [1.82, 2.24) is 5.32 Å². The molecule has 0 saturated carbocycles. The summed E-state index contributed by atoms with van der Waals surface area (Å²) in [5.41, 5.74) is 1.59. The molecule has 0 saturated heterocycles. The molecule has 5 nitrogen and oxygen atoms in total. The molecule has 0 aromatic heterocycles. The highest BCUT2D eigenvalue weighted by molar-refractivity contribution is 7.92. The van der Waals surface area contributed by atoms with Gasteiger partial charge in [-0.1, -0.05) is 31.2 Å². The van der Waals surface area contributed by atoms with Crippen LogP contribution in [0, 0.1) is 0 Å². The van der Waals surface area contributed by atoms with Crippen LogP contribution in [-0.2, 0) is 16.4 Å². The zero-order valence-electron chi connectivity index (χ0n) is 12.5. The van der Waals surface area contributed by atoms with Crippen LogP contribution in [-0.4, -0.2) is 21.4 Å². The summed E-state index contributed by atoms with van der Waals surface area (Å²) < 4.78 is 27.3. The molecule has 2 rings (SSSR count). The lowest BCUT2D eigenvalue weighted by Gasteiger charge is -2.12. The van der Waals surface area contributed by atoms with E-state index in [1.54, 1.807) is 48.5 Å². The number of aryl methyl sites for hydroxylation is 1. The van der Waals surface area contributed by atoms with E-state index < -0.39 is 10.0 Å². The molecule has 22 heavy (non-hydrogen) atoms. The van der Waals surface area contributed by atoms with Gasteiger partial charge in [0.15, 0.2) is 0 Å². The normalized spacial score (nSPS) is 11.0. The lowest BCUT2D eigenvalue weighted by atomic mass is 10.2. The second-order valence-corrected chi connectivity index (χ2v) is 6.41. The number of benzene rings is 2. The Kier molecular flexibility index (Phi) is 4.82. The summed E-state index contributed by atoms with van der Waals surface area (Å²) in [6.45, 7) is 2.00. The van der Waals surface area contributed by atoms with E-state index in [1.807, 2.05) is 6.92 Å². The summed E-state index contributed by atoms with van der Waals surface area (Å²) in [4.78, 5) is 12.0. The molecule has 0 unspecified atom stereocenters. The summed E-state index contributed by atoms with van der Waals surface area (Å²) in [5.74, 6) is -0.348. The Labute approximate surface area is 130 Å². The molecule has 2 aromatic rings. The third-order valence-corrected chi connectivity index (χ3v) is 4.67. The van der Waals surface area contributed by atoms with Gasteiger partial charge in [0.05, 0.1) is 16.1 Å². The predicted molar refractivity (Wildman–Crippen MR) is 86.5 cm³/mol. The number of sulfonamides is 1. The van der Waals surface area contributed by atoms with Gasteiger partial charge in [-0.15, -0.1) is 0 Å². The molecule has 0 aliphatic carbocycles. The number of carbonyl (C=O) groups is 1. The minimum absolute atomic E-state index is 0.163. The minimum atomic E-state index is -3.73. The van der Waals surface area contributed by atoms with Crippen LogP contribution in [0.2, 0.25) is 0 Å². The van der Waals surface area contributed by atoms with E-state index in [0.717, 1.165) is 12.0 Å².